The first kappa shape index (κ1) is 12.5. The summed E-state index contributed by atoms with van der Waals surface area (Å²) in [6, 6.07) is 2.07. The maximum absolute atomic E-state index is 4.31. The number of imidazole rings is 1. The fraction of sp³-hybridized carbons (Fsp3) is 0.462. The zero-order valence-electron chi connectivity index (χ0n) is 11.2. The quantitative estimate of drug-likeness (QED) is 0.869. The summed E-state index contributed by atoms with van der Waals surface area (Å²) in [4.78, 5) is 16.0. The molecule has 0 aliphatic carbocycles. The summed E-state index contributed by atoms with van der Waals surface area (Å²) in [5, 5.41) is 3.32. The smallest absolute Gasteiger partial charge is 0.130 e. The standard InChI is InChI=1S/C13H19N5/c1-8(2)11-5-12(16-7-15-11)18-10(4)13-14-6-9(3)17-13/h5-8,10H,1-4H3,(H,14,17)(H,15,16,18). The second-order valence-corrected chi connectivity index (χ2v) is 4.80. The topological polar surface area (TPSA) is 66.5 Å². The molecular weight excluding hydrogens is 226 g/mol. The van der Waals surface area contributed by atoms with Crippen LogP contribution < -0.4 is 5.32 Å². The lowest BCUT2D eigenvalue weighted by molar-refractivity contribution is 0.786. The van der Waals surface area contributed by atoms with E-state index in [1.807, 2.05) is 19.2 Å². The lowest BCUT2D eigenvalue weighted by Gasteiger charge is -2.13. The van der Waals surface area contributed by atoms with E-state index in [0.29, 0.717) is 5.92 Å². The molecule has 0 aliphatic heterocycles. The van der Waals surface area contributed by atoms with Gasteiger partial charge in [-0.25, -0.2) is 15.0 Å². The van der Waals surface area contributed by atoms with Crippen LogP contribution in [-0.4, -0.2) is 19.9 Å². The van der Waals surface area contributed by atoms with E-state index in [1.54, 1.807) is 6.33 Å². The zero-order valence-corrected chi connectivity index (χ0v) is 11.2. The summed E-state index contributed by atoms with van der Waals surface area (Å²) < 4.78 is 0. The molecule has 96 valence electrons. The van der Waals surface area contributed by atoms with E-state index in [1.165, 1.54) is 0 Å². The fourth-order valence-electron chi connectivity index (χ4n) is 1.71. The summed E-state index contributed by atoms with van der Waals surface area (Å²) >= 11 is 0. The van der Waals surface area contributed by atoms with Gasteiger partial charge in [0.15, 0.2) is 0 Å². The second-order valence-electron chi connectivity index (χ2n) is 4.80. The average Bonchev–Trinajstić information content (AvgIpc) is 2.76. The summed E-state index contributed by atoms with van der Waals surface area (Å²) in [6.07, 6.45) is 3.42. The van der Waals surface area contributed by atoms with Crippen LogP contribution in [0.4, 0.5) is 5.82 Å². The van der Waals surface area contributed by atoms with Gasteiger partial charge in [0, 0.05) is 23.7 Å². The molecule has 0 radical (unpaired) electrons. The maximum atomic E-state index is 4.31. The summed E-state index contributed by atoms with van der Waals surface area (Å²) in [7, 11) is 0. The molecule has 0 fully saturated rings. The number of rotatable bonds is 4. The molecule has 2 heterocycles. The van der Waals surface area contributed by atoms with Crippen LogP contribution in [0.25, 0.3) is 0 Å². The minimum Gasteiger partial charge on any atom is -0.360 e. The highest BCUT2D eigenvalue weighted by Gasteiger charge is 2.10. The maximum Gasteiger partial charge on any atom is 0.130 e. The van der Waals surface area contributed by atoms with Gasteiger partial charge in [0.1, 0.15) is 18.0 Å². The van der Waals surface area contributed by atoms with E-state index in [2.05, 4.69) is 46.0 Å². The largest absolute Gasteiger partial charge is 0.360 e. The van der Waals surface area contributed by atoms with Crippen molar-refractivity contribution < 1.29 is 0 Å². The Morgan fingerprint density at radius 3 is 2.56 bits per heavy atom. The van der Waals surface area contributed by atoms with Gasteiger partial charge in [0.05, 0.1) is 6.04 Å². The van der Waals surface area contributed by atoms with Crippen LogP contribution in [0.2, 0.25) is 0 Å². The van der Waals surface area contributed by atoms with Gasteiger partial charge in [0.2, 0.25) is 0 Å². The van der Waals surface area contributed by atoms with Gasteiger partial charge in [-0.2, -0.15) is 0 Å². The Hall–Kier alpha value is -1.91. The molecule has 0 amide bonds. The SMILES string of the molecule is Cc1cnc(C(C)Nc2cc(C(C)C)ncn2)[nH]1. The van der Waals surface area contributed by atoms with Crippen LogP contribution in [0.3, 0.4) is 0 Å². The van der Waals surface area contributed by atoms with Crippen molar-refractivity contribution in [3.63, 3.8) is 0 Å². The third kappa shape index (κ3) is 2.85. The highest BCUT2D eigenvalue weighted by molar-refractivity contribution is 5.37. The van der Waals surface area contributed by atoms with Crippen LogP contribution >= 0.6 is 0 Å². The van der Waals surface area contributed by atoms with E-state index in [0.717, 1.165) is 23.0 Å². The van der Waals surface area contributed by atoms with Crippen molar-refractivity contribution >= 4 is 5.82 Å². The molecule has 5 heteroatoms. The minimum atomic E-state index is 0.0913. The molecule has 0 aromatic carbocycles. The van der Waals surface area contributed by atoms with Crippen LogP contribution in [0.1, 0.15) is 49.9 Å². The van der Waals surface area contributed by atoms with Gasteiger partial charge < -0.3 is 10.3 Å². The molecule has 0 saturated carbocycles. The van der Waals surface area contributed by atoms with Gasteiger partial charge in [-0.3, -0.25) is 0 Å². The Balaban J connectivity index is 2.11. The summed E-state index contributed by atoms with van der Waals surface area (Å²) in [6.45, 7) is 8.27. The lowest BCUT2D eigenvalue weighted by Crippen LogP contribution is -2.10. The van der Waals surface area contributed by atoms with Gasteiger partial charge in [0.25, 0.3) is 0 Å². The van der Waals surface area contributed by atoms with Crippen molar-refractivity contribution in [1.29, 1.82) is 0 Å². The summed E-state index contributed by atoms with van der Waals surface area (Å²) in [5.74, 6) is 2.14. The van der Waals surface area contributed by atoms with E-state index in [4.69, 9.17) is 0 Å². The Morgan fingerprint density at radius 1 is 1.17 bits per heavy atom. The van der Waals surface area contributed by atoms with Crippen molar-refractivity contribution in [2.24, 2.45) is 0 Å². The number of hydrogen-bond acceptors (Lipinski definition) is 4. The van der Waals surface area contributed by atoms with Gasteiger partial charge >= 0.3 is 0 Å². The van der Waals surface area contributed by atoms with Crippen LogP contribution in [-0.2, 0) is 0 Å². The van der Waals surface area contributed by atoms with Crippen molar-refractivity contribution in [3.8, 4) is 0 Å². The number of aromatic nitrogens is 4. The molecule has 1 atom stereocenters. The van der Waals surface area contributed by atoms with Gasteiger partial charge in [-0.15, -0.1) is 0 Å². The number of nitrogens with zero attached hydrogens (tertiary/aromatic N) is 3. The molecule has 0 spiro atoms. The molecule has 2 aromatic heterocycles. The molecule has 0 saturated heterocycles. The molecule has 0 aliphatic rings. The number of nitrogens with one attached hydrogen (secondary N) is 2. The molecule has 0 bridgehead atoms. The third-order valence-electron chi connectivity index (χ3n) is 2.78. The second kappa shape index (κ2) is 5.16. The monoisotopic (exact) mass is 245 g/mol. The fourth-order valence-corrected chi connectivity index (χ4v) is 1.71. The first-order valence-electron chi connectivity index (χ1n) is 6.16. The number of aryl methyl sites for hydroxylation is 1. The Labute approximate surface area is 107 Å². The molecule has 2 N–H and O–H groups in total. The van der Waals surface area contributed by atoms with Crippen LogP contribution in [0.15, 0.2) is 18.6 Å². The highest BCUT2D eigenvalue weighted by Crippen LogP contribution is 2.18. The number of hydrogen-bond donors (Lipinski definition) is 2. The normalized spacial score (nSPS) is 12.7. The first-order valence-corrected chi connectivity index (χ1v) is 6.16. The van der Waals surface area contributed by atoms with E-state index >= 15 is 0 Å². The summed E-state index contributed by atoms with van der Waals surface area (Å²) in [5.41, 5.74) is 2.10. The lowest BCUT2D eigenvalue weighted by atomic mass is 10.1. The van der Waals surface area contributed by atoms with Crippen molar-refractivity contribution in [3.05, 3.63) is 35.8 Å². The molecule has 5 nitrogen and oxygen atoms in total. The molecule has 18 heavy (non-hydrogen) atoms. The number of aromatic amines is 1. The van der Waals surface area contributed by atoms with Crippen molar-refractivity contribution in [1.82, 2.24) is 19.9 Å². The van der Waals surface area contributed by atoms with Crippen LogP contribution in [0, 0.1) is 6.92 Å². The predicted octanol–water partition coefficient (Wildman–Crippen LogP) is 2.80. The average molecular weight is 245 g/mol. The van der Waals surface area contributed by atoms with Crippen molar-refractivity contribution in [2.45, 2.75) is 39.7 Å². The van der Waals surface area contributed by atoms with Crippen molar-refractivity contribution in [2.75, 3.05) is 5.32 Å². The van der Waals surface area contributed by atoms with E-state index < -0.39 is 0 Å². The van der Waals surface area contributed by atoms with E-state index in [9.17, 15) is 0 Å². The van der Waals surface area contributed by atoms with E-state index in [-0.39, 0.29) is 6.04 Å². The van der Waals surface area contributed by atoms with Gasteiger partial charge in [-0.05, 0) is 19.8 Å². The highest BCUT2D eigenvalue weighted by atomic mass is 15.1. The molecule has 2 aromatic rings. The number of H-pyrrole nitrogens is 1. The Morgan fingerprint density at radius 2 is 1.94 bits per heavy atom. The molecule has 2 rings (SSSR count). The predicted molar refractivity (Wildman–Crippen MR) is 71.5 cm³/mol. The third-order valence-corrected chi connectivity index (χ3v) is 2.78. The molecule has 1 unspecified atom stereocenters. The van der Waals surface area contributed by atoms with Crippen LogP contribution in [0.5, 0.6) is 0 Å². The molecular formula is C13H19N5. The Bertz CT molecular complexity index is 518. The van der Waals surface area contributed by atoms with Gasteiger partial charge in [-0.1, -0.05) is 13.8 Å². The minimum absolute atomic E-state index is 0.0913. The first-order chi connectivity index (χ1) is 8.56. The number of anilines is 1. The Kier molecular flexibility index (Phi) is 3.60. The zero-order chi connectivity index (χ0) is 13.1.